The molecular formula is C14H13N3O2S. The number of aromatic amines is 1. The normalized spacial score (nSPS) is 15.8. The number of hydrogen-bond acceptors (Lipinski definition) is 3. The van der Waals surface area contributed by atoms with Gasteiger partial charge in [-0.3, -0.25) is 4.99 Å². The number of allylic oxidation sites excluding steroid dienone is 1. The fourth-order valence-electron chi connectivity index (χ4n) is 2.07. The van der Waals surface area contributed by atoms with Crippen molar-refractivity contribution in [3.05, 3.63) is 47.8 Å². The summed E-state index contributed by atoms with van der Waals surface area (Å²) < 4.78 is 26.0. The van der Waals surface area contributed by atoms with E-state index in [2.05, 4.69) is 14.7 Å². The maximum atomic E-state index is 11.8. The van der Waals surface area contributed by atoms with E-state index >= 15 is 0 Å². The molecule has 0 atom stereocenters. The Morgan fingerprint density at radius 3 is 2.85 bits per heavy atom. The van der Waals surface area contributed by atoms with Gasteiger partial charge >= 0.3 is 0 Å². The van der Waals surface area contributed by atoms with E-state index < -0.39 is 10.0 Å². The summed E-state index contributed by atoms with van der Waals surface area (Å²) in [5.74, 6) is 0. The standard InChI is InChI=1S/C14H13N3O2S/c1-15-20(18,19)12-4-5-14-13(8-12)10(9-17-14)7-11-3-2-6-16-11/h2-9,15-16H,1H3. The first-order chi connectivity index (χ1) is 9.60. The number of rotatable bonds is 3. The lowest BCUT2D eigenvalue weighted by Crippen LogP contribution is -2.18. The quantitative estimate of drug-likeness (QED) is 0.908. The number of benzene rings is 1. The molecule has 0 saturated heterocycles. The van der Waals surface area contributed by atoms with Crippen LogP contribution in [0.5, 0.6) is 0 Å². The lowest BCUT2D eigenvalue weighted by molar-refractivity contribution is 0.588. The molecule has 1 aliphatic rings. The van der Waals surface area contributed by atoms with Gasteiger partial charge in [-0.05, 0) is 43.5 Å². The molecule has 0 unspecified atom stereocenters. The molecule has 1 aromatic carbocycles. The Kier molecular flexibility index (Phi) is 3.04. The average molecular weight is 287 g/mol. The lowest BCUT2D eigenvalue weighted by Gasteiger charge is -2.05. The predicted octanol–water partition coefficient (Wildman–Crippen LogP) is 2.18. The van der Waals surface area contributed by atoms with Gasteiger partial charge in [0.1, 0.15) is 0 Å². The summed E-state index contributed by atoms with van der Waals surface area (Å²) >= 11 is 0. The van der Waals surface area contributed by atoms with Crippen LogP contribution < -0.4 is 4.72 Å². The van der Waals surface area contributed by atoms with Gasteiger partial charge in [0.25, 0.3) is 0 Å². The van der Waals surface area contributed by atoms with Crippen LogP contribution in [0, 0.1) is 0 Å². The van der Waals surface area contributed by atoms with Crippen LogP contribution in [0.3, 0.4) is 0 Å². The smallest absolute Gasteiger partial charge is 0.240 e. The fraction of sp³-hybridized carbons (Fsp3) is 0.0714. The third kappa shape index (κ3) is 2.19. The van der Waals surface area contributed by atoms with Gasteiger partial charge in [-0.1, -0.05) is 0 Å². The second-order valence-electron chi connectivity index (χ2n) is 4.37. The van der Waals surface area contributed by atoms with E-state index in [9.17, 15) is 8.42 Å². The summed E-state index contributed by atoms with van der Waals surface area (Å²) in [6.45, 7) is 0. The number of H-pyrrole nitrogens is 1. The molecule has 0 aliphatic carbocycles. The minimum Gasteiger partial charge on any atom is -0.362 e. The minimum atomic E-state index is -3.45. The molecular weight excluding hydrogens is 274 g/mol. The van der Waals surface area contributed by atoms with Crippen LogP contribution in [-0.2, 0) is 10.0 Å². The summed E-state index contributed by atoms with van der Waals surface area (Å²) in [6, 6.07) is 8.75. The molecule has 102 valence electrons. The van der Waals surface area contributed by atoms with Crippen molar-refractivity contribution in [2.24, 2.45) is 4.99 Å². The van der Waals surface area contributed by atoms with Gasteiger partial charge in [0, 0.05) is 29.2 Å². The van der Waals surface area contributed by atoms with Gasteiger partial charge in [-0.25, -0.2) is 13.1 Å². The Labute approximate surface area is 117 Å². The SMILES string of the molecule is CNS(=O)(=O)c1ccc2c(c1)C(=Cc1ccc[nH]1)C=N2. The molecule has 0 fully saturated rings. The van der Waals surface area contributed by atoms with Gasteiger partial charge in [-0.15, -0.1) is 0 Å². The van der Waals surface area contributed by atoms with Crippen molar-refractivity contribution in [1.29, 1.82) is 0 Å². The summed E-state index contributed by atoms with van der Waals surface area (Å²) in [7, 11) is -2.05. The molecule has 3 rings (SSSR count). The van der Waals surface area contributed by atoms with Crippen molar-refractivity contribution in [2.45, 2.75) is 4.90 Å². The fourth-order valence-corrected chi connectivity index (χ4v) is 2.83. The first-order valence-corrected chi connectivity index (χ1v) is 7.55. The van der Waals surface area contributed by atoms with E-state index in [0.717, 1.165) is 22.5 Å². The van der Waals surface area contributed by atoms with Crippen molar-refractivity contribution in [3.63, 3.8) is 0 Å². The molecule has 6 heteroatoms. The Morgan fingerprint density at radius 1 is 1.30 bits per heavy atom. The van der Waals surface area contributed by atoms with E-state index in [4.69, 9.17) is 0 Å². The van der Waals surface area contributed by atoms with E-state index in [-0.39, 0.29) is 4.90 Å². The number of fused-ring (bicyclic) bond motifs is 1. The molecule has 2 heterocycles. The predicted molar refractivity (Wildman–Crippen MR) is 79.5 cm³/mol. The molecule has 0 bridgehead atoms. The van der Waals surface area contributed by atoms with Crippen LogP contribution in [0.1, 0.15) is 11.3 Å². The van der Waals surface area contributed by atoms with Crippen molar-refractivity contribution < 1.29 is 8.42 Å². The highest BCUT2D eigenvalue weighted by molar-refractivity contribution is 7.89. The first-order valence-electron chi connectivity index (χ1n) is 6.07. The van der Waals surface area contributed by atoms with Gasteiger partial charge in [0.2, 0.25) is 10.0 Å². The van der Waals surface area contributed by atoms with Crippen LogP contribution in [0.25, 0.3) is 11.6 Å². The molecule has 2 N–H and O–H groups in total. The summed E-state index contributed by atoms with van der Waals surface area (Å²) in [6.07, 6.45) is 5.51. The number of sulfonamides is 1. The minimum absolute atomic E-state index is 0.238. The zero-order valence-corrected chi connectivity index (χ0v) is 11.6. The first kappa shape index (κ1) is 12.8. The summed E-state index contributed by atoms with van der Waals surface area (Å²) in [5.41, 5.74) is 3.42. The number of nitrogens with one attached hydrogen (secondary N) is 2. The summed E-state index contributed by atoms with van der Waals surface area (Å²) in [4.78, 5) is 7.61. The molecule has 1 aliphatic heterocycles. The van der Waals surface area contributed by atoms with Crippen LogP contribution >= 0.6 is 0 Å². The van der Waals surface area contributed by atoms with Crippen molar-refractivity contribution >= 4 is 33.6 Å². The topological polar surface area (TPSA) is 74.3 Å². The monoisotopic (exact) mass is 287 g/mol. The number of aliphatic imine (C=N–C) groups is 1. The molecule has 2 aromatic rings. The lowest BCUT2D eigenvalue weighted by atomic mass is 10.1. The molecule has 5 nitrogen and oxygen atoms in total. The van der Waals surface area contributed by atoms with E-state index in [1.54, 1.807) is 24.4 Å². The third-order valence-corrected chi connectivity index (χ3v) is 4.55. The van der Waals surface area contributed by atoms with Crippen molar-refractivity contribution in [3.8, 4) is 0 Å². The largest absolute Gasteiger partial charge is 0.362 e. The van der Waals surface area contributed by atoms with E-state index in [1.807, 2.05) is 24.4 Å². The Morgan fingerprint density at radius 2 is 2.15 bits per heavy atom. The Bertz CT molecular complexity index is 803. The van der Waals surface area contributed by atoms with Gasteiger partial charge in [-0.2, -0.15) is 0 Å². The molecule has 0 amide bonds. The van der Waals surface area contributed by atoms with Crippen LogP contribution in [0.2, 0.25) is 0 Å². The second kappa shape index (κ2) is 4.73. The van der Waals surface area contributed by atoms with E-state index in [0.29, 0.717) is 0 Å². The summed E-state index contributed by atoms with van der Waals surface area (Å²) in [5, 5.41) is 0. The molecule has 0 spiro atoms. The van der Waals surface area contributed by atoms with Gasteiger partial charge in [0.15, 0.2) is 0 Å². The number of aromatic nitrogens is 1. The second-order valence-corrected chi connectivity index (χ2v) is 6.26. The van der Waals surface area contributed by atoms with Gasteiger partial charge < -0.3 is 4.98 Å². The molecule has 0 radical (unpaired) electrons. The number of hydrogen-bond donors (Lipinski definition) is 2. The molecule has 20 heavy (non-hydrogen) atoms. The van der Waals surface area contributed by atoms with Gasteiger partial charge in [0.05, 0.1) is 10.6 Å². The van der Waals surface area contributed by atoms with Crippen molar-refractivity contribution in [2.75, 3.05) is 7.05 Å². The third-order valence-electron chi connectivity index (χ3n) is 3.13. The highest BCUT2D eigenvalue weighted by Gasteiger charge is 2.18. The zero-order valence-electron chi connectivity index (χ0n) is 10.8. The van der Waals surface area contributed by atoms with Crippen LogP contribution in [0.15, 0.2) is 46.4 Å². The maximum Gasteiger partial charge on any atom is 0.240 e. The van der Waals surface area contributed by atoms with Crippen LogP contribution in [-0.4, -0.2) is 26.7 Å². The zero-order chi connectivity index (χ0) is 14.2. The maximum absolute atomic E-state index is 11.8. The number of nitrogens with zero attached hydrogens (tertiary/aromatic N) is 1. The van der Waals surface area contributed by atoms with Crippen molar-refractivity contribution in [1.82, 2.24) is 9.71 Å². The molecule has 1 aromatic heterocycles. The highest BCUT2D eigenvalue weighted by Crippen LogP contribution is 2.34. The van der Waals surface area contributed by atoms with Crippen LogP contribution in [0.4, 0.5) is 5.69 Å². The van der Waals surface area contributed by atoms with E-state index in [1.165, 1.54) is 7.05 Å². The Balaban J connectivity index is 2.08. The average Bonchev–Trinajstić information content (AvgIpc) is 3.09. The molecule has 0 saturated carbocycles. The highest BCUT2D eigenvalue weighted by atomic mass is 32.2. The Hall–Kier alpha value is -2.18.